The summed E-state index contributed by atoms with van der Waals surface area (Å²) in [6.07, 6.45) is -4.52. The second-order valence-electron chi connectivity index (χ2n) is 8.38. The van der Waals surface area contributed by atoms with E-state index in [-0.39, 0.29) is 43.4 Å². The minimum Gasteiger partial charge on any atom is -0.451 e. The van der Waals surface area contributed by atoms with E-state index in [1.165, 1.54) is 6.07 Å². The summed E-state index contributed by atoms with van der Waals surface area (Å²) in [5, 5.41) is -0.282. The van der Waals surface area contributed by atoms with Gasteiger partial charge in [-0.2, -0.15) is 13.2 Å². The van der Waals surface area contributed by atoms with Gasteiger partial charge >= 0.3 is 17.8 Å². The predicted molar refractivity (Wildman–Crippen MR) is 125 cm³/mol. The molecule has 3 rings (SSSR count). The number of aromatic nitrogens is 2. The first kappa shape index (κ1) is 27.8. The summed E-state index contributed by atoms with van der Waals surface area (Å²) in [5.41, 5.74) is -4.46. The van der Waals surface area contributed by atoms with Crippen molar-refractivity contribution in [2.24, 2.45) is 13.0 Å². The van der Waals surface area contributed by atoms with E-state index in [2.05, 4.69) is 4.89 Å². The fourth-order valence-electron chi connectivity index (χ4n) is 3.44. The number of rotatable bonds is 7. The second kappa shape index (κ2) is 10.7. The van der Waals surface area contributed by atoms with Crippen molar-refractivity contribution in [3.63, 3.8) is 0 Å². The van der Waals surface area contributed by atoms with Gasteiger partial charge in [0.25, 0.3) is 5.56 Å². The molecule has 0 unspecified atom stereocenters. The van der Waals surface area contributed by atoms with Crippen LogP contribution in [0, 0.1) is 11.7 Å². The van der Waals surface area contributed by atoms with Crippen molar-refractivity contribution in [1.29, 1.82) is 0 Å². The monoisotopic (exact) mass is 544 g/mol. The Morgan fingerprint density at radius 1 is 1.11 bits per heavy atom. The smallest absolute Gasteiger partial charge is 0.431 e. The van der Waals surface area contributed by atoms with Crippen LogP contribution in [-0.4, -0.2) is 15.1 Å². The number of nitrogens with zero attached hydrogens (tertiary/aromatic N) is 2. The van der Waals surface area contributed by atoms with Crippen molar-refractivity contribution in [2.45, 2.75) is 33.4 Å². The molecule has 0 spiro atoms. The van der Waals surface area contributed by atoms with Gasteiger partial charge in [0.2, 0.25) is 5.75 Å². The Morgan fingerprint density at radius 2 is 1.78 bits per heavy atom. The number of halogens is 5. The zero-order valence-electron chi connectivity index (χ0n) is 20.0. The first-order valence-electron chi connectivity index (χ1n) is 10.7. The average molecular weight is 545 g/mol. The summed E-state index contributed by atoms with van der Waals surface area (Å²) >= 11 is 6.16. The maximum Gasteiger partial charge on any atom is 0.431 e. The molecule has 3 aromatic rings. The summed E-state index contributed by atoms with van der Waals surface area (Å²) < 4.78 is 60.8. The van der Waals surface area contributed by atoms with E-state index in [0.717, 1.165) is 26.1 Å². The largest absolute Gasteiger partial charge is 0.451 e. The number of para-hydroxylation sites is 1. The molecular weight excluding hydrogens is 524 g/mol. The fourth-order valence-corrected chi connectivity index (χ4v) is 3.63. The maximum absolute atomic E-state index is 14.9. The van der Waals surface area contributed by atoms with Crippen LogP contribution < -0.4 is 20.9 Å². The van der Waals surface area contributed by atoms with E-state index in [4.69, 9.17) is 21.2 Å². The SMILES string of the molecule is CC(=O)OOc1cccc(CC(C)C)c1Oc1cc(-n2c(=O)cc(C(F)(F)F)n(C)c2=O)c(F)cc1Cl. The molecule has 198 valence electrons. The molecule has 1 aromatic heterocycles. The molecule has 0 saturated heterocycles. The number of hydrogen-bond donors (Lipinski definition) is 0. The summed E-state index contributed by atoms with van der Waals surface area (Å²) in [7, 11) is 0.799. The van der Waals surface area contributed by atoms with Crippen LogP contribution in [0.3, 0.4) is 0 Å². The van der Waals surface area contributed by atoms with Gasteiger partial charge in [-0.3, -0.25) is 19.1 Å². The van der Waals surface area contributed by atoms with Crippen LogP contribution in [0.1, 0.15) is 32.0 Å². The number of carbonyl (C=O) groups is 1. The third-order valence-electron chi connectivity index (χ3n) is 5.00. The quantitative estimate of drug-likeness (QED) is 0.231. The predicted octanol–water partition coefficient (Wildman–Crippen LogP) is 5.20. The highest BCUT2D eigenvalue weighted by atomic mass is 35.5. The molecule has 0 atom stereocenters. The van der Waals surface area contributed by atoms with Gasteiger partial charge in [0.15, 0.2) is 5.75 Å². The lowest BCUT2D eigenvalue weighted by molar-refractivity contribution is -0.211. The molecule has 13 heteroatoms. The van der Waals surface area contributed by atoms with Crippen molar-refractivity contribution in [2.75, 3.05) is 0 Å². The lowest BCUT2D eigenvalue weighted by atomic mass is 10.0. The molecule has 0 fully saturated rings. The Labute approximate surface area is 212 Å². The van der Waals surface area contributed by atoms with Crippen LogP contribution >= 0.6 is 11.6 Å². The van der Waals surface area contributed by atoms with E-state index in [1.807, 2.05) is 13.8 Å². The molecule has 0 radical (unpaired) electrons. The molecule has 0 bridgehead atoms. The van der Waals surface area contributed by atoms with Gasteiger partial charge in [-0.1, -0.05) is 37.6 Å². The van der Waals surface area contributed by atoms with Crippen molar-refractivity contribution in [3.8, 4) is 22.9 Å². The second-order valence-corrected chi connectivity index (χ2v) is 8.79. The maximum atomic E-state index is 14.9. The van der Waals surface area contributed by atoms with Crippen LogP contribution in [0.25, 0.3) is 5.69 Å². The fraction of sp³-hybridized carbons (Fsp3) is 0.292. The molecule has 1 heterocycles. The molecule has 0 aliphatic rings. The van der Waals surface area contributed by atoms with Gasteiger partial charge in [0, 0.05) is 26.1 Å². The van der Waals surface area contributed by atoms with E-state index in [0.29, 0.717) is 12.0 Å². The van der Waals surface area contributed by atoms with E-state index >= 15 is 0 Å². The molecule has 37 heavy (non-hydrogen) atoms. The van der Waals surface area contributed by atoms with Crippen LogP contribution in [-0.2, 0) is 29.3 Å². The van der Waals surface area contributed by atoms with Crippen molar-refractivity contribution >= 4 is 17.6 Å². The van der Waals surface area contributed by atoms with Crippen LogP contribution in [0.4, 0.5) is 17.6 Å². The van der Waals surface area contributed by atoms with Gasteiger partial charge < -0.3 is 4.74 Å². The zero-order valence-corrected chi connectivity index (χ0v) is 20.7. The minimum absolute atomic E-state index is 0.0297. The van der Waals surface area contributed by atoms with Crippen LogP contribution in [0.5, 0.6) is 17.2 Å². The van der Waals surface area contributed by atoms with Crippen molar-refractivity contribution in [1.82, 2.24) is 9.13 Å². The summed E-state index contributed by atoms with van der Waals surface area (Å²) in [5.74, 6) is -2.01. The van der Waals surface area contributed by atoms with Gasteiger partial charge in [0.05, 0.1) is 10.7 Å². The average Bonchev–Trinajstić information content (AvgIpc) is 2.77. The Morgan fingerprint density at radius 3 is 2.38 bits per heavy atom. The molecule has 0 amide bonds. The Balaban J connectivity index is 2.19. The van der Waals surface area contributed by atoms with E-state index in [9.17, 15) is 31.9 Å². The highest BCUT2D eigenvalue weighted by Crippen LogP contribution is 2.40. The first-order chi connectivity index (χ1) is 17.2. The van der Waals surface area contributed by atoms with Gasteiger partial charge in [-0.15, -0.1) is 0 Å². The third kappa shape index (κ3) is 6.13. The lowest BCUT2D eigenvalue weighted by Gasteiger charge is -2.18. The number of benzene rings is 2. The third-order valence-corrected chi connectivity index (χ3v) is 5.30. The number of hydrogen-bond acceptors (Lipinski definition) is 6. The molecular formula is C24H21ClF4N2O6. The Hall–Kier alpha value is -3.80. The summed E-state index contributed by atoms with van der Waals surface area (Å²) in [6, 6.07) is 6.56. The number of ether oxygens (including phenoxy) is 1. The van der Waals surface area contributed by atoms with Gasteiger partial charge in [0.1, 0.15) is 17.3 Å². The highest BCUT2D eigenvalue weighted by molar-refractivity contribution is 6.32. The summed E-state index contributed by atoms with van der Waals surface area (Å²) in [6.45, 7) is 4.97. The molecule has 0 N–H and O–H groups in total. The summed E-state index contributed by atoms with van der Waals surface area (Å²) in [4.78, 5) is 46.0. The topological polar surface area (TPSA) is 88.8 Å². The Kier molecular flexibility index (Phi) is 8.01. The molecule has 2 aromatic carbocycles. The molecule has 0 saturated carbocycles. The van der Waals surface area contributed by atoms with Crippen molar-refractivity contribution in [3.05, 3.63) is 79.3 Å². The number of carbonyl (C=O) groups excluding carboxylic acids is 1. The molecule has 0 aliphatic heterocycles. The molecule has 0 aliphatic carbocycles. The molecule has 8 nitrogen and oxygen atoms in total. The number of alkyl halides is 3. The lowest BCUT2D eigenvalue weighted by Crippen LogP contribution is -2.41. The first-order valence-corrected chi connectivity index (χ1v) is 11.1. The highest BCUT2D eigenvalue weighted by Gasteiger charge is 2.35. The Bertz CT molecular complexity index is 1460. The van der Waals surface area contributed by atoms with Crippen LogP contribution in [0.15, 0.2) is 46.0 Å². The van der Waals surface area contributed by atoms with Gasteiger partial charge in [-0.25, -0.2) is 18.5 Å². The van der Waals surface area contributed by atoms with Crippen molar-refractivity contribution < 1.29 is 36.9 Å². The van der Waals surface area contributed by atoms with E-state index in [1.54, 1.807) is 12.1 Å². The van der Waals surface area contributed by atoms with Crippen LogP contribution in [0.2, 0.25) is 5.02 Å². The zero-order chi connectivity index (χ0) is 27.7. The standard InChI is InChI=1S/C24H21ClF4N2O6/c1-12(2)8-14-6-5-7-18(37-36-13(3)32)22(14)35-19-10-17(16(26)9-15(19)25)31-21(33)11-20(24(27,28)29)30(4)23(31)34/h5-7,9-12H,8H2,1-4H3. The minimum atomic E-state index is -4.99. The normalized spacial score (nSPS) is 11.5. The van der Waals surface area contributed by atoms with Gasteiger partial charge in [-0.05, 0) is 30.0 Å². The van der Waals surface area contributed by atoms with E-state index < -0.39 is 40.6 Å².